The number of rotatable bonds is 4. The third-order valence-electron chi connectivity index (χ3n) is 2.01. The van der Waals surface area contributed by atoms with Crippen molar-refractivity contribution in [1.82, 2.24) is 0 Å². The Hall–Kier alpha value is -2.62. The predicted molar refractivity (Wildman–Crippen MR) is 63.1 cm³/mol. The maximum atomic E-state index is 11.3. The molecule has 94 valence electrons. The molecule has 0 unspecified atom stereocenters. The maximum Gasteiger partial charge on any atom is 0.411 e. The van der Waals surface area contributed by atoms with Gasteiger partial charge in [0.05, 0.1) is 22.8 Å². The number of amides is 1. The Kier molecular flexibility index (Phi) is 4.63. The SMILES string of the molecule is CCCOC(=O)Nc1ccc([N+](=O)[O-])cc1C#N. The van der Waals surface area contributed by atoms with Crippen LogP contribution in [0.15, 0.2) is 18.2 Å². The van der Waals surface area contributed by atoms with Crippen LogP contribution in [-0.4, -0.2) is 17.6 Å². The lowest BCUT2D eigenvalue weighted by molar-refractivity contribution is -0.384. The highest BCUT2D eigenvalue weighted by Gasteiger charge is 2.12. The fraction of sp³-hybridized carbons (Fsp3) is 0.273. The molecule has 0 aliphatic heterocycles. The van der Waals surface area contributed by atoms with Crippen LogP contribution in [0.2, 0.25) is 0 Å². The summed E-state index contributed by atoms with van der Waals surface area (Å²) in [5, 5.41) is 21.7. The first-order valence-corrected chi connectivity index (χ1v) is 5.20. The van der Waals surface area contributed by atoms with Gasteiger partial charge >= 0.3 is 6.09 Å². The van der Waals surface area contributed by atoms with Crippen molar-refractivity contribution in [3.8, 4) is 6.07 Å². The first kappa shape index (κ1) is 13.4. The molecule has 0 bridgehead atoms. The number of nitro groups is 1. The van der Waals surface area contributed by atoms with Gasteiger partial charge in [-0.1, -0.05) is 6.92 Å². The molecule has 1 N–H and O–H groups in total. The number of benzene rings is 1. The predicted octanol–water partition coefficient (Wildman–Crippen LogP) is 2.42. The monoisotopic (exact) mass is 249 g/mol. The fourth-order valence-corrected chi connectivity index (χ4v) is 1.19. The van der Waals surface area contributed by atoms with E-state index in [1.165, 1.54) is 12.1 Å². The summed E-state index contributed by atoms with van der Waals surface area (Å²) in [7, 11) is 0. The van der Waals surface area contributed by atoms with Crippen LogP contribution in [0.5, 0.6) is 0 Å². The van der Waals surface area contributed by atoms with Crippen molar-refractivity contribution in [1.29, 1.82) is 5.26 Å². The zero-order chi connectivity index (χ0) is 13.5. The van der Waals surface area contributed by atoms with Gasteiger partial charge in [-0.25, -0.2) is 4.79 Å². The summed E-state index contributed by atoms with van der Waals surface area (Å²) < 4.78 is 4.78. The van der Waals surface area contributed by atoms with Crippen LogP contribution in [-0.2, 0) is 4.74 Å². The summed E-state index contributed by atoms with van der Waals surface area (Å²) in [6.45, 7) is 2.11. The van der Waals surface area contributed by atoms with E-state index in [1.807, 2.05) is 6.92 Å². The van der Waals surface area contributed by atoms with Gasteiger partial charge in [0.2, 0.25) is 0 Å². The summed E-state index contributed by atoms with van der Waals surface area (Å²) in [6.07, 6.45) is -0.0131. The number of hydrogen-bond donors (Lipinski definition) is 1. The summed E-state index contributed by atoms with van der Waals surface area (Å²) in [5.41, 5.74) is -0.0131. The maximum absolute atomic E-state index is 11.3. The number of carbonyl (C=O) groups excluding carboxylic acids is 1. The number of ether oxygens (including phenoxy) is 1. The van der Waals surface area contributed by atoms with Crippen LogP contribution in [0.25, 0.3) is 0 Å². The second-order valence-electron chi connectivity index (χ2n) is 3.36. The number of hydrogen-bond acceptors (Lipinski definition) is 5. The minimum absolute atomic E-state index is 0.0117. The zero-order valence-corrected chi connectivity index (χ0v) is 9.67. The van der Waals surface area contributed by atoms with Crippen LogP contribution >= 0.6 is 0 Å². The number of nitrogens with zero attached hydrogens (tertiary/aromatic N) is 2. The number of carbonyl (C=O) groups is 1. The van der Waals surface area contributed by atoms with Gasteiger partial charge in [-0.3, -0.25) is 15.4 Å². The lowest BCUT2D eigenvalue weighted by atomic mass is 10.2. The topological polar surface area (TPSA) is 105 Å². The van der Waals surface area contributed by atoms with Gasteiger partial charge < -0.3 is 4.74 Å². The van der Waals surface area contributed by atoms with Crippen molar-refractivity contribution in [3.63, 3.8) is 0 Å². The molecule has 0 saturated heterocycles. The van der Waals surface area contributed by atoms with Gasteiger partial charge in [0, 0.05) is 12.1 Å². The molecule has 7 heteroatoms. The lowest BCUT2D eigenvalue weighted by Gasteiger charge is -2.07. The summed E-state index contributed by atoms with van der Waals surface area (Å²) in [6, 6.07) is 5.37. The van der Waals surface area contributed by atoms with Crippen molar-refractivity contribution in [3.05, 3.63) is 33.9 Å². The Bertz CT molecular complexity index is 508. The van der Waals surface area contributed by atoms with E-state index in [2.05, 4.69) is 5.32 Å². The third kappa shape index (κ3) is 3.45. The number of nitrogens with one attached hydrogen (secondary N) is 1. The highest BCUT2D eigenvalue weighted by atomic mass is 16.6. The second-order valence-corrected chi connectivity index (χ2v) is 3.36. The van der Waals surface area contributed by atoms with Gasteiger partial charge in [0.1, 0.15) is 6.07 Å². The van der Waals surface area contributed by atoms with Crippen molar-refractivity contribution >= 4 is 17.5 Å². The first-order chi connectivity index (χ1) is 8.58. The molecule has 0 spiro atoms. The smallest absolute Gasteiger partial charge is 0.411 e. The molecule has 0 atom stereocenters. The number of anilines is 1. The van der Waals surface area contributed by atoms with Crippen molar-refractivity contribution in [2.75, 3.05) is 11.9 Å². The molecule has 0 radical (unpaired) electrons. The van der Waals surface area contributed by atoms with Crippen LogP contribution in [0.1, 0.15) is 18.9 Å². The molecular weight excluding hydrogens is 238 g/mol. The largest absolute Gasteiger partial charge is 0.449 e. The van der Waals surface area contributed by atoms with Gasteiger partial charge in [0.25, 0.3) is 5.69 Å². The Morgan fingerprint density at radius 2 is 2.33 bits per heavy atom. The van der Waals surface area contributed by atoms with E-state index in [-0.39, 0.29) is 23.5 Å². The summed E-state index contributed by atoms with van der Waals surface area (Å²) >= 11 is 0. The molecule has 0 saturated carbocycles. The van der Waals surface area contributed by atoms with Crippen LogP contribution in [0.4, 0.5) is 16.2 Å². The van der Waals surface area contributed by atoms with E-state index in [0.717, 1.165) is 6.07 Å². The molecule has 0 aromatic heterocycles. The molecule has 0 aliphatic carbocycles. The molecule has 0 heterocycles. The molecule has 1 amide bonds. The highest BCUT2D eigenvalue weighted by Crippen LogP contribution is 2.21. The van der Waals surface area contributed by atoms with Crippen LogP contribution < -0.4 is 5.32 Å². The molecule has 1 aromatic rings. The normalized spacial score (nSPS) is 9.33. The fourth-order valence-electron chi connectivity index (χ4n) is 1.19. The van der Waals surface area contributed by atoms with E-state index >= 15 is 0 Å². The number of nitro benzene ring substituents is 1. The molecule has 1 rings (SSSR count). The minimum Gasteiger partial charge on any atom is -0.449 e. The van der Waals surface area contributed by atoms with E-state index in [1.54, 1.807) is 6.07 Å². The number of nitriles is 1. The Balaban J connectivity index is 2.87. The Morgan fingerprint density at radius 1 is 1.61 bits per heavy atom. The Morgan fingerprint density at radius 3 is 2.89 bits per heavy atom. The van der Waals surface area contributed by atoms with E-state index in [4.69, 9.17) is 10.00 Å². The van der Waals surface area contributed by atoms with Gasteiger partial charge in [-0.2, -0.15) is 5.26 Å². The third-order valence-corrected chi connectivity index (χ3v) is 2.01. The molecule has 0 aliphatic rings. The quantitative estimate of drug-likeness (QED) is 0.651. The van der Waals surface area contributed by atoms with Crippen molar-refractivity contribution < 1.29 is 14.5 Å². The standard InChI is InChI=1S/C11H11N3O4/c1-2-5-18-11(15)13-10-4-3-9(14(16)17)6-8(10)7-12/h3-4,6H,2,5H2,1H3,(H,13,15). The van der Waals surface area contributed by atoms with Gasteiger partial charge in [-0.05, 0) is 12.5 Å². The number of non-ortho nitro benzene ring substituents is 1. The molecule has 7 nitrogen and oxygen atoms in total. The van der Waals surface area contributed by atoms with E-state index < -0.39 is 11.0 Å². The lowest BCUT2D eigenvalue weighted by Crippen LogP contribution is -2.15. The Labute approximate surface area is 103 Å². The zero-order valence-electron chi connectivity index (χ0n) is 9.67. The molecule has 0 fully saturated rings. The van der Waals surface area contributed by atoms with E-state index in [9.17, 15) is 14.9 Å². The highest BCUT2D eigenvalue weighted by molar-refractivity contribution is 5.86. The van der Waals surface area contributed by atoms with Gasteiger partial charge in [0.15, 0.2) is 0 Å². The average Bonchev–Trinajstić information content (AvgIpc) is 2.36. The summed E-state index contributed by atoms with van der Waals surface area (Å²) in [4.78, 5) is 21.2. The van der Waals surface area contributed by atoms with E-state index in [0.29, 0.717) is 6.42 Å². The minimum atomic E-state index is -0.692. The van der Waals surface area contributed by atoms with Crippen LogP contribution in [0, 0.1) is 21.4 Å². The molecular formula is C11H11N3O4. The second kappa shape index (κ2) is 6.20. The molecule has 18 heavy (non-hydrogen) atoms. The first-order valence-electron chi connectivity index (χ1n) is 5.20. The molecule has 1 aromatic carbocycles. The van der Waals surface area contributed by atoms with Gasteiger partial charge in [-0.15, -0.1) is 0 Å². The van der Waals surface area contributed by atoms with Crippen molar-refractivity contribution in [2.24, 2.45) is 0 Å². The van der Waals surface area contributed by atoms with Crippen LogP contribution in [0.3, 0.4) is 0 Å². The summed E-state index contributed by atoms with van der Waals surface area (Å²) in [5.74, 6) is 0. The van der Waals surface area contributed by atoms with Crippen molar-refractivity contribution in [2.45, 2.75) is 13.3 Å². The average molecular weight is 249 g/mol.